The molecule has 0 spiro atoms. The van der Waals surface area contributed by atoms with Crippen molar-refractivity contribution in [2.45, 2.75) is 108 Å². The quantitative estimate of drug-likeness (QED) is 0.253. The van der Waals surface area contributed by atoms with Gasteiger partial charge in [0.1, 0.15) is 0 Å². The van der Waals surface area contributed by atoms with E-state index < -0.39 is 10.1 Å². The molecular formula is C22H37NaO4S. The van der Waals surface area contributed by atoms with Crippen LogP contribution in [0.25, 0.3) is 0 Å². The standard InChI is InChI=1S/C22H38O4S.Na/c1-2-3-4-5-6-7-8-9-10-11-12-13-14-15-17-20-21(23)18-16-19-22(20)27(24,25)26;/h16,18-19,23H,2-15,17H2,1H3,(H,24,25,26);/q;+1/p-1. The van der Waals surface area contributed by atoms with Crippen molar-refractivity contribution in [2.24, 2.45) is 0 Å². The molecule has 1 rings (SSSR count). The van der Waals surface area contributed by atoms with Crippen LogP contribution >= 0.6 is 0 Å². The van der Waals surface area contributed by atoms with Crippen molar-refractivity contribution in [1.82, 2.24) is 0 Å². The van der Waals surface area contributed by atoms with Gasteiger partial charge in [0.05, 0.1) is 4.90 Å². The molecule has 1 aromatic carbocycles. The normalized spacial score (nSPS) is 11.4. The molecule has 0 amide bonds. The number of unbranched alkanes of at least 4 members (excludes halogenated alkanes) is 13. The molecule has 156 valence electrons. The van der Waals surface area contributed by atoms with Crippen molar-refractivity contribution in [2.75, 3.05) is 0 Å². The van der Waals surface area contributed by atoms with E-state index in [9.17, 15) is 18.1 Å². The van der Waals surface area contributed by atoms with Crippen LogP contribution in [0.3, 0.4) is 0 Å². The van der Waals surface area contributed by atoms with Gasteiger partial charge < -0.3 is 5.11 Å². The second-order valence-electron chi connectivity index (χ2n) is 7.55. The molecule has 6 heteroatoms. The third kappa shape index (κ3) is 12.5. The Morgan fingerprint density at radius 1 is 0.786 bits per heavy atom. The van der Waals surface area contributed by atoms with Crippen LogP contribution in [0.15, 0.2) is 23.1 Å². The van der Waals surface area contributed by atoms with Crippen molar-refractivity contribution in [3.63, 3.8) is 0 Å². The molecule has 1 N–H and O–H groups in total. The Bertz CT molecular complexity index is 617. The molecule has 0 aromatic heterocycles. The molecule has 0 aliphatic carbocycles. The fraction of sp³-hybridized carbons (Fsp3) is 0.727. The largest absolute Gasteiger partial charge is 1.00 e. The predicted molar refractivity (Wildman–Crippen MR) is 110 cm³/mol. The van der Waals surface area contributed by atoms with Crippen LogP contribution in [0, 0.1) is 0 Å². The molecule has 0 bridgehead atoms. The zero-order valence-corrected chi connectivity index (χ0v) is 20.7. The summed E-state index contributed by atoms with van der Waals surface area (Å²) >= 11 is 0. The summed E-state index contributed by atoms with van der Waals surface area (Å²) in [6.45, 7) is 2.25. The Hall–Kier alpha value is -0.0700. The van der Waals surface area contributed by atoms with Crippen molar-refractivity contribution in [3.8, 4) is 5.75 Å². The van der Waals surface area contributed by atoms with Crippen LogP contribution in [0.5, 0.6) is 5.75 Å². The smallest absolute Gasteiger partial charge is 0.872 e. The minimum Gasteiger partial charge on any atom is -0.872 e. The molecule has 0 heterocycles. The summed E-state index contributed by atoms with van der Waals surface area (Å²) in [6, 6.07) is 4.03. The number of hydrogen-bond donors (Lipinski definition) is 1. The minimum absolute atomic E-state index is 0. The third-order valence-corrected chi connectivity index (χ3v) is 6.09. The van der Waals surface area contributed by atoms with Gasteiger partial charge in [0.25, 0.3) is 10.1 Å². The van der Waals surface area contributed by atoms with E-state index >= 15 is 0 Å². The van der Waals surface area contributed by atoms with Gasteiger partial charge in [-0.15, -0.1) is 5.75 Å². The number of hydrogen-bond acceptors (Lipinski definition) is 3. The molecule has 0 saturated carbocycles. The Morgan fingerprint density at radius 3 is 1.64 bits per heavy atom. The van der Waals surface area contributed by atoms with E-state index in [2.05, 4.69) is 6.92 Å². The molecule has 0 aliphatic heterocycles. The zero-order valence-electron chi connectivity index (χ0n) is 17.9. The van der Waals surface area contributed by atoms with Gasteiger partial charge in [-0.3, -0.25) is 4.55 Å². The zero-order chi connectivity index (χ0) is 20.0. The molecule has 0 saturated heterocycles. The SMILES string of the molecule is CCCCCCCCCCCCCCCCc1c([O-])cccc1S(=O)(=O)O.[Na+]. The van der Waals surface area contributed by atoms with Crippen molar-refractivity contribution in [3.05, 3.63) is 23.8 Å². The second-order valence-corrected chi connectivity index (χ2v) is 8.94. The van der Waals surface area contributed by atoms with Crippen molar-refractivity contribution < 1.29 is 47.6 Å². The van der Waals surface area contributed by atoms with Gasteiger partial charge in [-0.25, -0.2) is 0 Å². The first-order valence-electron chi connectivity index (χ1n) is 10.7. The minimum atomic E-state index is -4.33. The fourth-order valence-electron chi connectivity index (χ4n) is 3.53. The van der Waals surface area contributed by atoms with Crippen molar-refractivity contribution in [1.29, 1.82) is 0 Å². The monoisotopic (exact) mass is 420 g/mol. The molecule has 0 fully saturated rings. The molecule has 28 heavy (non-hydrogen) atoms. The van der Waals surface area contributed by atoms with Gasteiger partial charge in [-0.1, -0.05) is 103 Å². The van der Waals surface area contributed by atoms with Crippen LogP contribution in [-0.4, -0.2) is 13.0 Å². The average Bonchev–Trinajstić information content (AvgIpc) is 2.62. The summed E-state index contributed by atoms with van der Waals surface area (Å²) in [6.07, 6.45) is 17.9. The summed E-state index contributed by atoms with van der Waals surface area (Å²) in [4.78, 5) is -0.232. The van der Waals surface area contributed by atoms with Gasteiger partial charge in [0.2, 0.25) is 0 Å². The first-order chi connectivity index (χ1) is 13.0. The van der Waals surface area contributed by atoms with Crippen LogP contribution in [0.4, 0.5) is 0 Å². The summed E-state index contributed by atoms with van der Waals surface area (Å²) < 4.78 is 32.0. The van der Waals surface area contributed by atoms with Crippen molar-refractivity contribution >= 4 is 10.1 Å². The number of benzene rings is 1. The Kier molecular flexibility index (Phi) is 16.7. The third-order valence-electron chi connectivity index (χ3n) is 5.15. The summed E-state index contributed by atoms with van der Waals surface area (Å²) in [5, 5.41) is 11.9. The van der Waals surface area contributed by atoms with Crippen LogP contribution in [0.2, 0.25) is 0 Å². The van der Waals surface area contributed by atoms with Crippen LogP contribution < -0.4 is 34.7 Å². The molecule has 4 nitrogen and oxygen atoms in total. The van der Waals surface area contributed by atoms with Gasteiger partial charge in [0.15, 0.2) is 0 Å². The first kappa shape index (κ1) is 27.9. The predicted octanol–water partition coefficient (Wildman–Crippen LogP) is 3.03. The average molecular weight is 421 g/mol. The number of rotatable bonds is 16. The Morgan fingerprint density at radius 2 is 1.21 bits per heavy atom. The molecule has 0 radical (unpaired) electrons. The second kappa shape index (κ2) is 16.7. The Balaban J connectivity index is 0.00000729. The van der Waals surface area contributed by atoms with Gasteiger partial charge in [-0.05, 0) is 24.5 Å². The molecule has 0 atom stereocenters. The van der Waals surface area contributed by atoms with E-state index in [1.54, 1.807) is 0 Å². The van der Waals surface area contributed by atoms with Gasteiger partial charge >= 0.3 is 29.6 Å². The van der Waals surface area contributed by atoms with Crippen LogP contribution in [0.1, 0.15) is 102 Å². The van der Waals surface area contributed by atoms with Crippen LogP contribution in [-0.2, 0) is 16.5 Å². The van der Waals surface area contributed by atoms with E-state index in [1.807, 2.05) is 0 Å². The van der Waals surface area contributed by atoms with E-state index in [-0.39, 0.29) is 45.8 Å². The maximum absolute atomic E-state index is 11.9. The van der Waals surface area contributed by atoms with Gasteiger partial charge in [-0.2, -0.15) is 8.42 Å². The molecular weight excluding hydrogens is 383 g/mol. The van der Waals surface area contributed by atoms with E-state index in [1.165, 1.54) is 88.8 Å². The first-order valence-corrected chi connectivity index (χ1v) is 12.2. The fourth-order valence-corrected chi connectivity index (χ4v) is 4.29. The molecule has 0 unspecified atom stereocenters. The molecule has 1 aromatic rings. The Labute approximate surface area is 194 Å². The molecule has 0 aliphatic rings. The van der Waals surface area contributed by atoms with Gasteiger partial charge in [0, 0.05) is 0 Å². The topological polar surface area (TPSA) is 77.4 Å². The summed E-state index contributed by atoms with van der Waals surface area (Å²) in [5.41, 5.74) is 0.221. The maximum atomic E-state index is 11.9. The van der Waals surface area contributed by atoms with E-state index in [4.69, 9.17) is 0 Å². The van der Waals surface area contributed by atoms with E-state index in [0.29, 0.717) is 6.42 Å². The maximum Gasteiger partial charge on any atom is 1.00 e. The summed E-state index contributed by atoms with van der Waals surface area (Å²) in [7, 11) is -4.33. The van der Waals surface area contributed by atoms with E-state index in [0.717, 1.165) is 19.3 Å². The summed E-state index contributed by atoms with van der Waals surface area (Å²) in [5.74, 6) is -0.306.